The van der Waals surface area contributed by atoms with E-state index in [4.69, 9.17) is 0 Å². The Labute approximate surface area is 144 Å². The van der Waals surface area contributed by atoms with Crippen LogP contribution >= 0.6 is 0 Å². The summed E-state index contributed by atoms with van der Waals surface area (Å²) in [5, 5.41) is 2.45. The summed E-state index contributed by atoms with van der Waals surface area (Å²) in [4.78, 5) is 12.8. The van der Waals surface area contributed by atoms with Gasteiger partial charge in [0.05, 0.1) is 0 Å². The van der Waals surface area contributed by atoms with Crippen molar-refractivity contribution < 1.29 is 9.18 Å². The Morgan fingerprint density at radius 1 is 0.640 bits per heavy atom. The van der Waals surface area contributed by atoms with Crippen molar-refractivity contribution >= 4 is 16.6 Å². The third-order valence-corrected chi connectivity index (χ3v) is 4.87. The van der Waals surface area contributed by atoms with Gasteiger partial charge in [-0.3, -0.25) is 4.79 Å². The molecule has 0 N–H and O–H groups in total. The molecule has 4 aromatic rings. The van der Waals surface area contributed by atoms with E-state index in [9.17, 15) is 9.18 Å². The molecule has 0 saturated heterocycles. The van der Waals surface area contributed by atoms with Gasteiger partial charge in [0.1, 0.15) is 5.82 Å². The number of fused-ring (bicyclic) bond motifs is 3. The Bertz CT molecular complexity index is 1150. The smallest absolute Gasteiger partial charge is 0.193 e. The van der Waals surface area contributed by atoms with Gasteiger partial charge < -0.3 is 0 Å². The van der Waals surface area contributed by atoms with Gasteiger partial charge in [-0.05, 0) is 63.4 Å². The first-order valence-electron chi connectivity index (χ1n) is 8.19. The third kappa shape index (κ3) is 2.04. The molecule has 0 spiro atoms. The lowest BCUT2D eigenvalue weighted by Crippen LogP contribution is -2.01. The average molecular weight is 324 g/mol. The highest BCUT2D eigenvalue weighted by Crippen LogP contribution is 2.47. The molecular formula is C23H13FO. The van der Waals surface area contributed by atoms with Crippen LogP contribution in [0.15, 0.2) is 78.9 Å². The second-order valence-corrected chi connectivity index (χ2v) is 6.31. The number of benzene rings is 4. The maximum atomic E-state index is 13.1. The lowest BCUT2D eigenvalue weighted by Gasteiger charge is -2.06. The molecule has 0 saturated carbocycles. The number of ketones is 1. The molecule has 0 aromatic heterocycles. The van der Waals surface area contributed by atoms with Crippen LogP contribution in [0.1, 0.15) is 15.9 Å². The molecule has 0 heterocycles. The summed E-state index contributed by atoms with van der Waals surface area (Å²) in [6, 6.07) is 24.1. The fourth-order valence-electron chi connectivity index (χ4n) is 3.70. The van der Waals surface area contributed by atoms with E-state index in [-0.39, 0.29) is 11.6 Å². The van der Waals surface area contributed by atoms with Gasteiger partial charge in [0.2, 0.25) is 0 Å². The Morgan fingerprint density at radius 2 is 1.28 bits per heavy atom. The molecule has 5 rings (SSSR count). The molecule has 25 heavy (non-hydrogen) atoms. The van der Waals surface area contributed by atoms with Crippen molar-refractivity contribution in [2.75, 3.05) is 0 Å². The van der Waals surface area contributed by atoms with Crippen molar-refractivity contribution in [2.45, 2.75) is 0 Å². The van der Waals surface area contributed by atoms with E-state index in [2.05, 4.69) is 30.3 Å². The molecule has 1 nitrogen and oxygen atoms in total. The molecule has 0 radical (unpaired) electrons. The average Bonchev–Trinajstić information content (AvgIpc) is 2.98. The number of hydrogen-bond donors (Lipinski definition) is 0. The highest BCUT2D eigenvalue weighted by atomic mass is 19.1. The maximum Gasteiger partial charge on any atom is 0.193 e. The summed E-state index contributed by atoms with van der Waals surface area (Å²) < 4.78 is 13.1. The van der Waals surface area contributed by atoms with Crippen molar-refractivity contribution in [2.24, 2.45) is 0 Å². The van der Waals surface area contributed by atoms with Gasteiger partial charge in [-0.25, -0.2) is 4.39 Å². The standard InChI is InChI=1S/C23H13FO/c24-17-10-7-15(8-11-17)23(25)16-9-12-18-19-5-1-3-14-4-2-6-20(22(14)19)21(18)13-16/h1-13H. The van der Waals surface area contributed by atoms with Crippen LogP contribution < -0.4 is 0 Å². The van der Waals surface area contributed by atoms with E-state index in [1.54, 1.807) is 0 Å². The van der Waals surface area contributed by atoms with E-state index >= 15 is 0 Å². The summed E-state index contributed by atoms with van der Waals surface area (Å²) in [5.74, 6) is -0.432. The van der Waals surface area contributed by atoms with E-state index in [0.717, 1.165) is 16.7 Å². The van der Waals surface area contributed by atoms with Gasteiger partial charge in [0.15, 0.2) is 5.78 Å². The van der Waals surface area contributed by atoms with Crippen molar-refractivity contribution in [3.63, 3.8) is 0 Å². The van der Waals surface area contributed by atoms with Crippen LogP contribution in [0.5, 0.6) is 0 Å². The highest BCUT2D eigenvalue weighted by molar-refractivity contribution is 6.17. The summed E-state index contributed by atoms with van der Waals surface area (Å²) in [6.07, 6.45) is 0. The molecule has 0 bridgehead atoms. The van der Waals surface area contributed by atoms with E-state index in [0.29, 0.717) is 11.1 Å². The molecule has 118 valence electrons. The van der Waals surface area contributed by atoms with Crippen molar-refractivity contribution in [1.82, 2.24) is 0 Å². The predicted molar refractivity (Wildman–Crippen MR) is 98.2 cm³/mol. The lowest BCUT2D eigenvalue weighted by molar-refractivity contribution is 0.103. The van der Waals surface area contributed by atoms with Gasteiger partial charge >= 0.3 is 0 Å². The van der Waals surface area contributed by atoms with Crippen LogP contribution in [0.3, 0.4) is 0 Å². The molecule has 0 fully saturated rings. The van der Waals surface area contributed by atoms with Crippen molar-refractivity contribution in [3.05, 3.63) is 95.8 Å². The largest absolute Gasteiger partial charge is 0.289 e. The summed E-state index contributed by atoms with van der Waals surface area (Å²) in [6.45, 7) is 0. The topological polar surface area (TPSA) is 17.1 Å². The zero-order chi connectivity index (χ0) is 17.0. The zero-order valence-electron chi connectivity index (χ0n) is 13.3. The van der Waals surface area contributed by atoms with E-state index in [1.165, 1.54) is 40.6 Å². The van der Waals surface area contributed by atoms with Gasteiger partial charge in [-0.15, -0.1) is 0 Å². The predicted octanol–water partition coefficient (Wildman–Crippen LogP) is 5.86. The number of rotatable bonds is 2. The first-order valence-corrected chi connectivity index (χ1v) is 8.19. The Kier molecular flexibility index (Phi) is 2.89. The molecule has 1 aliphatic rings. The maximum absolute atomic E-state index is 13.1. The quantitative estimate of drug-likeness (QED) is 0.372. The molecule has 0 amide bonds. The number of hydrogen-bond acceptors (Lipinski definition) is 1. The monoisotopic (exact) mass is 324 g/mol. The van der Waals surface area contributed by atoms with Crippen LogP contribution in [0.2, 0.25) is 0 Å². The summed E-state index contributed by atoms with van der Waals surface area (Å²) >= 11 is 0. The third-order valence-electron chi connectivity index (χ3n) is 4.87. The normalized spacial score (nSPS) is 11.6. The molecule has 0 unspecified atom stereocenters. The Balaban J connectivity index is 1.68. The number of carbonyl (C=O) groups excluding carboxylic acids is 1. The summed E-state index contributed by atoms with van der Waals surface area (Å²) in [7, 11) is 0. The Hall–Kier alpha value is -3.26. The molecule has 2 heteroatoms. The van der Waals surface area contributed by atoms with Crippen LogP contribution in [0.25, 0.3) is 33.0 Å². The molecular weight excluding hydrogens is 311 g/mol. The van der Waals surface area contributed by atoms with Crippen molar-refractivity contribution in [1.29, 1.82) is 0 Å². The number of carbonyl (C=O) groups is 1. The fourth-order valence-corrected chi connectivity index (χ4v) is 3.70. The first kappa shape index (κ1) is 14.1. The van der Waals surface area contributed by atoms with Gasteiger partial charge in [-0.1, -0.05) is 48.5 Å². The first-order chi connectivity index (χ1) is 12.2. The van der Waals surface area contributed by atoms with Crippen LogP contribution in [-0.4, -0.2) is 5.78 Å². The fraction of sp³-hybridized carbons (Fsp3) is 0. The summed E-state index contributed by atoms with van der Waals surface area (Å²) in [5.41, 5.74) is 5.73. The highest BCUT2D eigenvalue weighted by Gasteiger charge is 2.22. The second-order valence-electron chi connectivity index (χ2n) is 6.31. The number of halogens is 1. The molecule has 0 atom stereocenters. The molecule has 0 aliphatic heterocycles. The SMILES string of the molecule is O=C(c1ccc(F)cc1)c1ccc2c(c1)-c1cccc3cccc-2c13. The molecule has 4 aromatic carbocycles. The minimum atomic E-state index is -0.340. The minimum absolute atomic E-state index is 0.0917. The van der Waals surface area contributed by atoms with Crippen molar-refractivity contribution in [3.8, 4) is 22.3 Å². The van der Waals surface area contributed by atoms with Gasteiger partial charge in [0.25, 0.3) is 0 Å². The van der Waals surface area contributed by atoms with Gasteiger partial charge in [-0.2, -0.15) is 0 Å². The van der Waals surface area contributed by atoms with Gasteiger partial charge in [0, 0.05) is 11.1 Å². The zero-order valence-corrected chi connectivity index (χ0v) is 13.3. The van der Waals surface area contributed by atoms with Crippen LogP contribution in [0, 0.1) is 5.82 Å². The lowest BCUT2D eigenvalue weighted by atomic mass is 9.97. The van der Waals surface area contributed by atoms with Crippen LogP contribution in [-0.2, 0) is 0 Å². The van der Waals surface area contributed by atoms with Crippen LogP contribution in [0.4, 0.5) is 4.39 Å². The second kappa shape index (κ2) is 5.12. The Morgan fingerprint density at radius 3 is 2.00 bits per heavy atom. The van der Waals surface area contributed by atoms with E-state index in [1.807, 2.05) is 24.3 Å². The molecule has 1 aliphatic carbocycles. The minimum Gasteiger partial charge on any atom is -0.289 e. The van der Waals surface area contributed by atoms with E-state index < -0.39 is 0 Å².